The highest BCUT2D eigenvalue weighted by atomic mass is 32.2. The predicted molar refractivity (Wildman–Crippen MR) is 104 cm³/mol. The van der Waals surface area contributed by atoms with Crippen molar-refractivity contribution in [2.24, 2.45) is 0 Å². The molecule has 29 heavy (non-hydrogen) atoms. The Kier molecular flexibility index (Phi) is 5.74. The van der Waals surface area contributed by atoms with E-state index in [1.807, 2.05) is 4.90 Å². The second kappa shape index (κ2) is 7.94. The van der Waals surface area contributed by atoms with Gasteiger partial charge in [-0.2, -0.15) is 13.2 Å². The highest BCUT2D eigenvalue weighted by molar-refractivity contribution is 7.90. The van der Waals surface area contributed by atoms with Gasteiger partial charge in [0.25, 0.3) is 0 Å². The number of sulfone groups is 1. The van der Waals surface area contributed by atoms with Gasteiger partial charge >= 0.3 is 12.2 Å². The summed E-state index contributed by atoms with van der Waals surface area (Å²) in [6.07, 6.45) is -3.33. The van der Waals surface area contributed by atoms with Crippen molar-refractivity contribution in [1.29, 1.82) is 0 Å². The molecule has 0 aromatic heterocycles. The summed E-state index contributed by atoms with van der Waals surface area (Å²) in [5.74, 6) is 0. The molecule has 1 N–H and O–H groups in total. The zero-order valence-corrected chi connectivity index (χ0v) is 16.4. The molecule has 3 rings (SSSR count). The first-order valence-corrected chi connectivity index (χ1v) is 10.7. The van der Waals surface area contributed by atoms with Gasteiger partial charge in [0.1, 0.15) is 0 Å². The third kappa shape index (κ3) is 5.20. The zero-order valence-electron chi connectivity index (χ0n) is 15.6. The fourth-order valence-corrected chi connectivity index (χ4v) is 3.68. The van der Waals surface area contributed by atoms with E-state index in [2.05, 4.69) is 5.32 Å². The van der Waals surface area contributed by atoms with E-state index in [0.29, 0.717) is 26.2 Å². The smallest absolute Gasteiger partial charge is 0.368 e. The number of carbonyl (C=O) groups is 1. The first kappa shape index (κ1) is 21.0. The fraction of sp³-hybridized carbons (Fsp3) is 0.316. The van der Waals surface area contributed by atoms with Crippen molar-refractivity contribution < 1.29 is 26.4 Å². The number of hydrogen-bond acceptors (Lipinski definition) is 4. The van der Waals surface area contributed by atoms with Crippen LogP contribution in [0.1, 0.15) is 5.56 Å². The van der Waals surface area contributed by atoms with E-state index in [9.17, 15) is 26.4 Å². The number of alkyl halides is 3. The van der Waals surface area contributed by atoms with Gasteiger partial charge in [-0.15, -0.1) is 0 Å². The second-order valence-corrected chi connectivity index (χ2v) is 8.76. The van der Waals surface area contributed by atoms with Gasteiger partial charge in [-0.25, -0.2) is 13.2 Å². The molecule has 2 aromatic carbocycles. The first-order valence-electron chi connectivity index (χ1n) is 8.82. The highest BCUT2D eigenvalue weighted by Gasteiger charge is 2.30. The van der Waals surface area contributed by atoms with Gasteiger partial charge in [0.05, 0.1) is 10.5 Å². The van der Waals surface area contributed by atoms with Gasteiger partial charge in [0, 0.05) is 43.8 Å². The van der Waals surface area contributed by atoms with Crippen molar-refractivity contribution in [3.8, 4) is 0 Å². The van der Waals surface area contributed by atoms with Gasteiger partial charge in [-0.3, -0.25) is 0 Å². The van der Waals surface area contributed by atoms with E-state index in [1.165, 1.54) is 29.2 Å². The molecule has 1 aliphatic heterocycles. The van der Waals surface area contributed by atoms with Crippen molar-refractivity contribution in [3.63, 3.8) is 0 Å². The Bertz CT molecular complexity index is 984. The van der Waals surface area contributed by atoms with Crippen LogP contribution in [-0.4, -0.2) is 51.8 Å². The van der Waals surface area contributed by atoms with Crippen LogP contribution in [0.15, 0.2) is 53.4 Å². The molecular formula is C19H20F3N3O3S. The molecule has 0 spiro atoms. The van der Waals surface area contributed by atoms with Crippen LogP contribution >= 0.6 is 0 Å². The van der Waals surface area contributed by atoms with Crippen molar-refractivity contribution >= 4 is 27.2 Å². The van der Waals surface area contributed by atoms with E-state index < -0.39 is 27.6 Å². The molecule has 156 valence electrons. The van der Waals surface area contributed by atoms with Crippen LogP contribution in [0.5, 0.6) is 0 Å². The normalized spacial score (nSPS) is 15.3. The quantitative estimate of drug-likeness (QED) is 0.815. The number of carbonyl (C=O) groups excluding carboxylic acids is 1. The fourth-order valence-electron chi connectivity index (χ4n) is 3.05. The Morgan fingerprint density at radius 3 is 2.17 bits per heavy atom. The largest absolute Gasteiger partial charge is 0.416 e. The van der Waals surface area contributed by atoms with Gasteiger partial charge in [-0.1, -0.05) is 6.07 Å². The molecule has 0 aliphatic carbocycles. The van der Waals surface area contributed by atoms with Gasteiger partial charge in [0.2, 0.25) is 0 Å². The monoisotopic (exact) mass is 427 g/mol. The van der Waals surface area contributed by atoms with Gasteiger partial charge in [-0.05, 0) is 42.5 Å². The number of anilines is 2. The minimum absolute atomic E-state index is 0.0867. The van der Waals surface area contributed by atoms with Gasteiger partial charge in [0.15, 0.2) is 9.84 Å². The molecule has 1 aliphatic rings. The zero-order chi connectivity index (χ0) is 21.2. The minimum atomic E-state index is -4.47. The maximum Gasteiger partial charge on any atom is 0.416 e. The summed E-state index contributed by atoms with van der Waals surface area (Å²) < 4.78 is 61.5. The molecular weight excluding hydrogens is 407 g/mol. The molecule has 0 unspecified atom stereocenters. The summed E-state index contributed by atoms with van der Waals surface area (Å²) in [7, 11) is -3.26. The molecule has 1 saturated heterocycles. The summed E-state index contributed by atoms with van der Waals surface area (Å²) >= 11 is 0. The van der Waals surface area contributed by atoms with Gasteiger partial charge < -0.3 is 15.1 Å². The second-order valence-electron chi connectivity index (χ2n) is 6.75. The molecule has 0 bridgehead atoms. The van der Waals surface area contributed by atoms with Crippen molar-refractivity contribution in [2.45, 2.75) is 11.1 Å². The van der Waals surface area contributed by atoms with Crippen molar-refractivity contribution in [3.05, 3.63) is 54.1 Å². The Labute approximate surface area is 166 Å². The average Bonchev–Trinajstić information content (AvgIpc) is 2.67. The van der Waals surface area contributed by atoms with E-state index in [-0.39, 0.29) is 10.6 Å². The molecule has 2 amide bonds. The van der Waals surface area contributed by atoms with Crippen LogP contribution < -0.4 is 10.2 Å². The molecule has 0 saturated carbocycles. The molecule has 0 atom stereocenters. The lowest BCUT2D eigenvalue weighted by atomic mass is 10.2. The average molecular weight is 427 g/mol. The topological polar surface area (TPSA) is 69.7 Å². The first-order chi connectivity index (χ1) is 13.5. The Morgan fingerprint density at radius 2 is 1.62 bits per heavy atom. The Morgan fingerprint density at radius 1 is 1.00 bits per heavy atom. The van der Waals surface area contributed by atoms with Crippen molar-refractivity contribution in [1.82, 2.24) is 4.90 Å². The number of hydrogen-bond donors (Lipinski definition) is 1. The summed E-state index contributed by atoms with van der Waals surface area (Å²) in [6.45, 7) is 1.82. The van der Waals surface area contributed by atoms with Crippen molar-refractivity contribution in [2.75, 3.05) is 42.7 Å². The van der Waals surface area contributed by atoms with Crippen LogP contribution in [0.4, 0.5) is 29.3 Å². The Hall–Kier alpha value is -2.75. The summed E-state index contributed by atoms with van der Waals surface area (Å²) in [5.41, 5.74) is 0.108. The maximum atomic E-state index is 12.8. The lowest BCUT2D eigenvalue weighted by Gasteiger charge is -2.36. The molecule has 2 aromatic rings. The van der Waals surface area contributed by atoms with Crippen LogP contribution in [0.3, 0.4) is 0 Å². The standard InChI is InChI=1S/C19H20F3N3O3S/c1-29(27,28)17-7-5-16(6-8-17)24-9-11-25(12-10-24)18(26)23-15-4-2-3-14(13-15)19(20,21)22/h2-8,13H,9-12H2,1H3,(H,23,26). The van der Waals surface area contributed by atoms with E-state index in [1.54, 1.807) is 12.1 Å². The number of rotatable bonds is 3. The minimum Gasteiger partial charge on any atom is -0.368 e. The summed E-state index contributed by atoms with van der Waals surface area (Å²) in [5, 5.41) is 2.50. The lowest BCUT2D eigenvalue weighted by molar-refractivity contribution is -0.137. The molecule has 10 heteroatoms. The highest BCUT2D eigenvalue weighted by Crippen LogP contribution is 2.30. The maximum absolute atomic E-state index is 12.8. The van der Waals surface area contributed by atoms with Crippen LogP contribution in [-0.2, 0) is 16.0 Å². The number of nitrogens with zero attached hydrogens (tertiary/aromatic N) is 2. The summed E-state index contributed by atoms with van der Waals surface area (Å²) in [6, 6.07) is 10.6. The number of benzene rings is 2. The molecule has 6 nitrogen and oxygen atoms in total. The number of nitrogens with one attached hydrogen (secondary N) is 1. The van der Waals surface area contributed by atoms with Crippen LogP contribution in [0.25, 0.3) is 0 Å². The molecule has 0 radical (unpaired) electrons. The third-order valence-electron chi connectivity index (χ3n) is 4.64. The number of halogens is 3. The van der Waals surface area contributed by atoms with E-state index >= 15 is 0 Å². The predicted octanol–water partition coefficient (Wildman–Crippen LogP) is 3.46. The van der Waals surface area contributed by atoms with Crippen LogP contribution in [0.2, 0.25) is 0 Å². The van der Waals surface area contributed by atoms with E-state index in [4.69, 9.17) is 0 Å². The SMILES string of the molecule is CS(=O)(=O)c1ccc(N2CCN(C(=O)Nc3cccc(C(F)(F)F)c3)CC2)cc1. The van der Waals surface area contributed by atoms with Crippen LogP contribution in [0, 0.1) is 0 Å². The number of piperazine rings is 1. The molecule has 1 heterocycles. The molecule has 1 fully saturated rings. The Balaban J connectivity index is 1.58. The number of amides is 2. The van der Waals surface area contributed by atoms with E-state index in [0.717, 1.165) is 24.1 Å². The number of urea groups is 1. The third-order valence-corrected chi connectivity index (χ3v) is 5.77. The lowest BCUT2D eigenvalue weighted by Crippen LogP contribution is -2.50. The summed E-state index contributed by atoms with van der Waals surface area (Å²) in [4.78, 5) is 16.2.